The van der Waals surface area contributed by atoms with Gasteiger partial charge in [-0.3, -0.25) is 19.8 Å². The molecule has 3 rings (SSSR count). The lowest BCUT2D eigenvalue weighted by atomic mass is 9.91. The average Bonchev–Trinajstić information content (AvgIpc) is 3.18. The van der Waals surface area contributed by atoms with Crippen LogP contribution in [0.15, 0.2) is 18.2 Å². The lowest BCUT2D eigenvalue weighted by Crippen LogP contribution is -2.47. The Bertz CT molecular complexity index is 839. The van der Waals surface area contributed by atoms with E-state index in [-0.39, 0.29) is 12.7 Å². The minimum atomic E-state index is -1.36. The first kappa shape index (κ1) is 19.5. The van der Waals surface area contributed by atoms with Gasteiger partial charge in [-0.15, -0.1) is 0 Å². The molecule has 6 amide bonds. The van der Waals surface area contributed by atoms with E-state index < -0.39 is 36.0 Å². The normalized spacial score (nSPS) is 20.4. The first-order chi connectivity index (χ1) is 13.2. The molecule has 0 spiro atoms. The van der Waals surface area contributed by atoms with Crippen LogP contribution >= 0.6 is 0 Å². The highest BCUT2D eigenvalue weighted by atomic mass is 16.7. The van der Waals surface area contributed by atoms with E-state index >= 15 is 0 Å². The summed E-state index contributed by atoms with van der Waals surface area (Å²) in [5.74, 6) is -0.130. The molecule has 2 aliphatic heterocycles. The Balaban J connectivity index is 1.68. The van der Waals surface area contributed by atoms with Crippen LogP contribution in [0.1, 0.15) is 26.3 Å². The zero-order chi connectivity index (χ0) is 20.5. The number of ether oxygens (including phenoxy) is 2. The smallest absolute Gasteiger partial charge is 0.325 e. The second kappa shape index (κ2) is 7.37. The summed E-state index contributed by atoms with van der Waals surface area (Å²) in [6.45, 7) is 5.27. The maximum Gasteiger partial charge on any atom is 0.325 e. The van der Waals surface area contributed by atoms with Crippen LogP contribution in [0.3, 0.4) is 0 Å². The number of hydrogen-bond donors (Lipinski definition) is 3. The standard InChI is InChI=1S/C18H22N4O6/c1-10(2)7-19-16(25)20-14(23)8-22-15(24)18(3,21-17(22)26)11-4-5-12-13(6-11)28-9-27-12/h4-6,10H,7-9H2,1-3H3,(H,21,26)(H2,19,20,23,25)/t18-/m0/s1. The Morgan fingerprint density at radius 2 is 1.96 bits per heavy atom. The van der Waals surface area contributed by atoms with Crippen LogP contribution in [0.5, 0.6) is 11.5 Å². The third-order valence-electron chi connectivity index (χ3n) is 4.45. The number of imide groups is 2. The largest absolute Gasteiger partial charge is 0.454 e. The maximum atomic E-state index is 12.9. The van der Waals surface area contributed by atoms with E-state index in [4.69, 9.17) is 9.47 Å². The number of carbonyl (C=O) groups is 4. The zero-order valence-electron chi connectivity index (χ0n) is 15.8. The van der Waals surface area contributed by atoms with E-state index in [1.165, 1.54) is 6.92 Å². The lowest BCUT2D eigenvalue weighted by Gasteiger charge is -2.22. The SMILES string of the molecule is CC(C)CNC(=O)NC(=O)CN1C(=O)N[C@@](C)(c2ccc3c(c2)OCO3)C1=O. The molecule has 0 saturated carbocycles. The fourth-order valence-corrected chi connectivity index (χ4v) is 2.89. The van der Waals surface area contributed by atoms with Crippen LogP contribution < -0.4 is 25.4 Å². The quantitative estimate of drug-likeness (QED) is 0.634. The van der Waals surface area contributed by atoms with Gasteiger partial charge in [-0.2, -0.15) is 0 Å². The molecule has 0 unspecified atom stereocenters. The molecule has 0 aliphatic carbocycles. The molecule has 150 valence electrons. The molecule has 1 fully saturated rings. The van der Waals surface area contributed by atoms with Crippen molar-refractivity contribution in [1.29, 1.82) is 0 Å². The van der Waals surface area contributed by atoms with Crippen LogP contribution in [0.4, 0.5) is 9.59 Å². The second-order valence-corrected chi connectivity index (χ2v) is 7.17. The summed E-state index contributed by atoms with van der Waals surface area (Å²) < 4.78 is 10.6. The number of nitrogens with zero attached hydrogens (tertiary/aromatic N) is 1. The molecular weight excluding hydrogens is 368 g/mol. The van der Waals surface area contributed by atoms with Gasteiger partial charge in [0.25, 0.3) is 5.91 Å². The number of rotatable bonds is 5. The average molecular weight is 390 g/mol. The number of carbonyl (C=O) groups excluding carboxylic acids is 4. The fourth-order valence-electron chi connectivity index (χ4n) is 2.89. The van der Waals surface area contributed by atoms with Crippen molar-refractivity contribution in [2.24, 2.45) is 5.92 Å². The molecule has 1 atom stereocenters. The third kappa shape index (κ3) is 3.71. The van der Waals surface area contributed by atoms with Gasteiger partial charge in [0.1, 0.15) is 12.1 Å². The van der Waals surface area contributed by atoms with Crippen LogP contribution in [-0.2, 0) is 15.1 Å². The van der Waals surface area contributed by atoms with Crippen LogP contribution in [0.2, 0.25) is 0 Å². The first-order valence-corrected chi connectivity index (χ1v) is 8.82. The fraction of sp³-hybridized carbons (Fsp3) is 0.444. The van der Waals surface area contributed by atoms with Crippen molar-refractivity contribution in [2.45, 2.75) is 26.3 Å². The summed E-state index contributed by atoms with van der Waals surface area (Å²) in [6.07, 6.45) is 0. The summed E-state index contributed by atoms with van der Waals surface area (Å²) in [5.41, 5.74) is -0.870. The van der Waals surface area contributed by atoms with Gasteiger partial charge in [0, 0.05) is 6.54 Å². The van der Waals surface area contributed by atoms with Crippen molar-refractivity contribution in [3.63, 3.8) is 0 Å². The maximum absolute atomic E-state index is 12.9. The number of fused-ring (bicyclic) bond motifs is 1. The highest BCUT2D eigenvalue weighted by Crippen LogP contribution is 2.37. The Hall–Kier alpha value is -3.30. The second-order valence-electron chi connectivity index (χ2n) is 7.17. The monoisotopic (exact) mass is 390 g/mol. The van der Waals surface area contributed by atoms with Crippen molar-refractivity contribution < 1.29 is 28.7 Å². The number of nitrogens with one attached hydrogen (secondary N) is 3. The molecule has 0 aromatic heterocycles. The number of hydrogen-bond acceptors (Lipinski definition) is 6. The molecule has 3 N–H and O–H groups in total. The summed E-state index contributed by atoms with van der Waals surface area (Å²) in [7, 11) is 0. The van der Waals surface area contributed by atoms with Crippen molar-refractivity contribution in [2.75, 3.05) is 19.9 Å². The van der Waals surface area contributed by atoms with Crippen LogP contribution in [-0.4, -0.2) is 48.7 Å². The summed E-state index contributed by atoms with van der Waals surface area (Å²) in [4.78, 5) is 49.7. The minimum absolute atomic E-state index is 0.0843. The van der Waals surface area contributed by atoms with E-state index in [1.807, 2.05) is 13.8 Å². The Kier molecular flexibility index (Phi) is 5.12. The lowest BCUT2D eigenvalue weighted by molar-refractivity contribution is -0.134. The zero-order valence-corrected chi connectivity index (χ0v) is 15.8. The van der Waals surface area contributed by atoms with Gasteiger partial charge in [0.05, 0.1) is 0 Å². The van der Waals surface area contributed by atoms with Crippen molar-refractivity contribution in [3.8, 4) is 11.5 Å². The number of benzene rings is 1. The number of urea groups is 2. The van der Waals surface area contributed by atoms with Gasteiger partial charge in [0.15, 0.2) is 11.5 Å². The van der Waals surface area contributed by atoms with Crippen molar-refractivity contribution in [1.82, 2.24) is 20.9 Å². The Morgan fingerprint density at radius 3 is 2.68 bits per heavy atom. The molecule has 10 nitrogen and oxygen atoms in total. The Labute approximate surface area is 161 Å². The summed E-state index contributed by atoms with van der Waals surface area (Å²) in [6, 6.07) is 3.52. The van der Waals surface area contributed by atoms with Crippen LogP contribution in [0, 0.1) is 5.92 Å². The van der Waals surface area contributed by atoms with Gasteiger partial charge in [-0.1, -0.05) is 19.9 Å². The first-order valence-electron chi connectivity index (χ1n) is 8.82. The molecule has 10 heteroatoms. The van der Waals surface area contributed by atoms with Gasteiger partial charge >= 0.3 is 12.1 Å². The van der Waals surface area contributed by atoms with Gasteiger partial charge in [-0.25, -0.2) is 9.59 Å². The van der Waals surface area contributed by atoms with E-state index in [0.29, 0.717) is 23.6 Å². The van der Waals surface area contributed by atoms with Crippen molar-refractivity contribution >= 4 is 23.9 Å². The molecule has 2 heterocycles. The highest BCUT2D eigenvalue weighted by molar-refractivity contribution is 6.10. The van der Waals surface area contributed by atoms with E-state index in [9.17, 15) is 19.2 Å². The highest BCUT2D eigenvalue weighted by Gasteiger charge is 2.50. The van der Waals surface area contributed by atoms with Crippen molar-refractivity contribution in [3.05, 3.63) is 23.8 Å². The van der Waals surface area contributed by atoms with E-state index in [1.54, 1.807) is 18.2 Å². The Morgan fingerprint density at radius 1 is 1.25 bits per heavy atom. The third-order valence-corrected chi connectivity index (χ3v) is 4.45. The molecular formula is C18H22N4O6. The molecule has 1 aromatic carbocycles. The van der Waals surface area contributed by atoms with Gasteiger partial charge in [-0.05, 0) is 30.5 Å². The molecule has 0 bridgehead atoms. The number of amides is 6. The summed E-state index contributed by atoms with van der Waals surface area (Å²) >= 11 is 0. The predicted octanol–water partition coefficient (Wildman–Crippen LogP) is 0.664. The molecule has 1 aromatic rings. The molecule has 2 aliphatic rings. The minimum Gasteiger partial charge on any atom is -0.454 e. The van der Waals surface area contributed by atoms with E-state index in [0.717, 1.165) is 4.90 Å². The van der Waals surface area contributed by atoms with Crippen LogP contribution in [0.25, 0.3) is 0 Å². The van der Waals surface area contributed by atoms with E-state index in [2.05, 4.69) is 16.0 Å². The van der Waals surface area contributed by atoms with Gasteiger partial charge < -0.3 is 20.1 Å². The molecule has 28 heavy (non-hydrogen) atoms. The topological polar surface area (TPSA) is 126 Å². The summed E-state index contributed by atoms with van der Waals surface area (Å²) in [5, 5.41) is 7.23. The molecule has 1 saturated heterocycles. The molecule has 0 radical (unpaired) electrons. The van der Waals surface area contributed by atoms with Gasteiger partial charge in [0.2, 0.25) is 12.7 Å². The predicted molar refractivity (Wildman–Crippen MR) is 96.5 cm³/mol.